The van der Waals surface area contributed by atoms with E-state index >= 15 is 0 Å². The van der Waals surface area contributed by atoms with Crippen LogP contribution in [0.1, 0.15) is 0 Å². The average Bonchev–Trinajstić information content (AvgIpc) is 0.722. The SMILES string of the molecule is NS([O])(=O)=O. The van der Waals surface area contributed by atoms with Gasteiger partial charge in [0.15, 0.2) is 0 Å². The zero-order chi connectivity index (χ0) is 4.50. The van der Waals surface area contributed by atoms with Gasteiger partial charge in [0.2, 0.25) is 0 Å². The van der Waals surface area contributed by atoms with Crippen LogP contribution >= 0.6 is 0 Å². The van der Waals surface area contributed by atoms with Crippen molar-refractivity contribution < 1.29 is 13.0 Å². The minimum Gasteiger partial charge on any atom is -0.203 e. The van der Waals surface area contributed by atoms with E-state index < -0.39 is 10.3 Å². The summed E-state index contributed by atoms with van der Waals surface area (Å²) in [6.45, 7) is 0. The van der Waals surface area contributed by atoms with E-state index in [9.17, 15) is 0 Å². The van der Waals surface area contributed by atoms with Crippen LogP contribution in [0.3, 0.4) is 0 Å². The first-order valence-electron chi connectivity index (χ1n) is 0.736. The van der Waals surface area contributed by atoms with Crippen molar-refractivity contribution in [3.05, 3.63) is 0 Å². The van der Waals surface area contributed by atoms with Crippen LogP contribution in [0.5, 0.6) is 0 Å². The van der Waals surface area contributed by atoms with Gasteiger partial charge in [-0.1, -0.05) is 4.55 Å². The molecule has 5 heavy (non-hydrogen) atoms. The molecular weight excluding hydrogens is 94.1 g/mol. The Kier molecular flexibility index (Phi) is 0.901. The Morgan fingerprint density at radius 1 is 1.40 bits per heavy atom. The highest BCUT2D eigenvalue weighted by Crippen LogP contribution is 1.53. The largest absolute Gasteiger partial charge is 0.360 e. The summed E-state index contributed by atoms with van der Waals surface area (Å²) in [6, 6.07) is 0. The summed E-state index contributed by atoms with van der Waals surface area (Å²) in [5.74, 6) is 0. The predicted molar refractivity (Wildman–Crippen MR) is 13.8 cm³/mol. The van der Waals surface area contributed by atoms with Crippen LogP contribution in [0.25, 0.3) is 0 Å². The van der Waals surface area contributed by atoms with Crippen molar-refractivity contribution in [1.29, 1.82) is 0 Å². The second kappa shape index (κ2) is 0.925. The lowest BCUT2D eigenvalue weighted by molar-refractivity contribution is 0.415. The van der Waals surface area contributed by atoms with E-state index in [0.29, 0.717) is 0 Å². The highest BCUT2D eigenvalue weighted by atomic mass is 32.2. The zero-order valence-electron chi connectivity index (χ0n) is 2.21. The lowest BCUT2D eigenvalue weighted by atomic mass is 13.9. The monoisotopic (exact) mass is 96.0 g/mol. The summed E-state index contributed by atoms with van der Waals surface area (Å²) in [7, 11) is -4.42. The minimum absolute atomic E-state index is 3.77. The van der Waals surface area contributed by atoms with Gasteiger partial charge in [0.1, 0.15) is 0 Å². The molecule has 0 spiro atoms. The standard InChI is InChI=1S/H2NO3S/c1-5(2,3)4/h(H2,1,2,3). The third-order valence-electron chi connectivity index (χ3n) is 0. The normalized spacial score (nSPS) is 11.6. The van der Waals surface area contributed by atoms with Crippen molar-refractivity contribution in [2.45, 2.75) is 0 Å². The van der Waals surface area contributed by atoms with Crippen molar-refractivity contribution in [2.75, 3.05) is 0 Å². The number of nitrogens with two attached hydrogens (primary N) is 1. The van der Waals surface area contributed by atoms with Crippen LogP contribution < -0.4 is 5.14 Å². The predicted octanol–water partition coefficient (Wildman–Crippen LogP) is -1.38. The summed E-state index contributed by atoms with van der Waals surface area (Å²) >= 11 is 0. The van der Waals surface area contributed by atoms with E-state index in [4.69, 9.17) is 13.0 Å². The molecule has 1 radical (unpaired) electrons. The van der Waals surface area contributed by atoms with Crippen LogP contribution in [0.15, 0.2) is 0 Å². The molecule has 5 heteroatoms. The molecule has 0 unspecified atom stereocenters. The van der Waals surface area contributed by atoms with Gasteiger partial charge in [-0.2, -0.15) is 8.42 Å². The van der Waals surface area contributed by atoms with Gasteiger partial charge in [-0.05, 0) is 0 Å². The molecule has 0 rings (SSSR count). The van der Waals surface area contributed by atoms with Gasteiger partial charge in [-0.25, -0.2) is 5.14 Å². The number of hydrogen-bond donors (Lipinski definition) is 1. The fourth-order valence-electron chi connectivity index (χ4n) is 0. The van der Waals surface area contributed by atoms with Crippen molar-refractivity contribution in [3.8, 4) is 0 Å². The lowest BCUT2D eigenvalue weighted by Gasteiger charge is -1.65. The van der Waals surface area contributed by atoms with Crippen molar-refractivity contribution in [3.63, 3.8) is 0 Å². The van der Waals surface area contributed by atoms with E-state index in [1.165, 1.54) is 0 Å². The van der Waals surface area contributed by atoms with Crippen LogP contribution in [-0.2, 0) is 14.9 Å². The maximum absolute atomic E-state index is 8.85. The second-order valence-electron chi connectivity index (χ2n) is 0.493. The molecule has 0 amide bonds. The van der Waals surface area contributed by atoms with E-state index in [-0.39, 0.29) is 0 Å². The Morgan fingerprint density at radius 3 is 1.40 bits per heavy atom. The van der Waals surface area contributed by atoms with Gasteiger partial charge in [0, 0.05) is 0 Å². The van der Waals surface area contributed by atoms with Crippen LogP contribution in [0, 0.1) is 0 Å². The molecule has 0 aromatic carbocycles. The van der Waals surface area contributed by atoms with Crippen LogP contribution in [0.2, 0.25) is 0 Å². The molecule has 0 saturated heterocycles. The van der Waals surface area contributed by atoms with Crippen LogP contribution in [-0.4, -0.2) is 8.42 Å². The van der Waals surface area contributed by atoms with E-state index in [1.807, 2.05) is 0 Å². The fraction of sp³-hybridized carbons (Fsp3) is 0. The first-order chi connectivity index (χ1) is 2.00. The summed E-state index contributed by atoms with van der Waals surface area (Å²) in [4.78, 5) is 0. The molecule has 0 saturated carbocycles. The quantitative estimate of drug-likeness (QED) is 0.403. The molecule has 0 aliphatic heterocycles. The first kappa shape index (κ1) is 4.87. The molecule has 0 aliphatic rings. The molecular formula is H2NO3S. The Labute approximate surface area is 29.5 Å². The highest BCUT2D eigenvalue weighted by Gasteiger charge is 1.86. The van der Waals surface area contributed by atoms with Gasteiger partial charge in [0.05, 0.1) is 0 Å². The summed E-state index contributed by atoms with van der Waals surface area (Å²) in [5, 5.41) is 3.77. The zero-order valence-corrected chi connectivity index (χ0v) is 3.03. The molecule has 0 bridgehead atoms. The molecule has 4 nitrogen and oxygen atoms in total. The molecule has 0 aliphatic carbocycles. The summed E-state index contributed by atoms with van der Waals surface area (Å²) in [5.41, 5.74) is 0. The molecule has 31 valence electrons. The smallest absolute Gasteiger partial charge is 0.203 e. The van der Waals surface area contributed by atoms with E-state index in [1.54, 1.807) is 0 Å². The van der Waals surface area contributed by atoms with E-state index in [2.05, 4.69) is 5.14 Å². The van der Waals surface area contributed by atoms with Gasteiger partial charge >= 0.3 is 10.3 Å². The van der Waals surface area contributed by atoms with Crippen LogP contribution in [0.4, 0.5) is 0 Å². The molecule has 0 aromatic rings. The van der Waals surface area contributed by atoms with E-state index in [0.717, 1.165) is 0 Å². The average molecular weight is 96.1 g/mol. The topological polar surface area (TPSA) is 80.1 Å². The minimum atomic E-state index is -4.42. The Balaban J connectivity index is 4.06. The van der Waals surface area contributed by atoms with Crippen molar-refractivity contribution >= 4 is 10.3 Å². The summed E-state index contributed by atoms with van der Waals surface area (Å²) < 4.78 is 26.6. The Bertz CT molecular complexity index is 90.1. The van der Waals surface area contributed by atoms with Gasteiger partial charge < -0.3 is 0 Å². The van der Waals surface area contributed by atoms with Gasteiger partial charge in [-0.15, -0.1) is 0 Å². The third kappa shape index (κ3) is 801. The molecule has 0 aromatic heterocycles. The maximum Gasteiger partial charge on any atom is 0.360 e. The maximum atomic E-state index is 8.85. The number of hydrogen-bond acceptors (Lipinski definition) is 2. The third-order valence-corrected chi connectivity index (χ3v) is 0. The second-order valence-corrected chi connectivity index (χ2v) is 1.48. The number of rotatable bonds is 0. The van der Waals surface area contributed by atoms with Crippen molar-refractivity contribution in [2.24, 2.45) is 5.14 Å². The Hall–Kier alpha value is -0.130. The van der Waals surface area contributed by atoms with Crippen molar-refractivity contribution in [1.82, 2.24) is 0 Å². The van der Waals surface area contributed by atoms with Gasteiger partial charge in [0.25, 0.3) is 0 Å². The molecule has 2 N–H and O–H groups in total. The first-order valence-corrected chi connectivity index (χ1v) is 2.21. The molecule has 0 fully saturated rings. The Morgan fingerprint density at radius 2 is 1.40 bits per heavy atom. The fourth-order valence-corrected chi connectivity index (χ4v) is 0. The highest BCUT2D eigenvalue weighted by molar-refractivity contribution is 7.83. The lowest BCUT2D eigenvalue weighted by Crippen LogP contribution is -2.06. The molecule has 0 heterocycles. The molecule has 0 atom stereocenters. The van der Waals surface area contributed by atoms with Gasteiger partial charge in [-0.3, -0.25) is 0 Å². The summed E-state index contributed by atoms with van der Waals surface area (Å²) in [6.07, 6.45) is 0.